The molecule has 0 aromatic heterocycles. The molecule has 3 rings (SSSR count). The quantitative estimate of drug-likeness (QED) is 0.728. The summed E-state index contributed by atoms with van der Waals surface area (Å²) in [6.45, 7) is 5.61. The maximum Gasteiger partial charge on any atom is 0.261 e. The normalized spacial score (nSPS) is 33.1. The predicted molar refractivity (Wildman–Crippen MR) is 91.0 cm³/mol. The highest BCUT2D eigenvalue weighted by atomic mass is 35.5. The van der Waals surface area contributed by atoms with Gasteiger partial charge in [0.2, 0.25) is 0 Å². The summed E-state index contributed by atoms with van der Waals surface area (Å²) in [5, 5.41) is 12.8. The summed E-state index contributed by atoms with van der Waals surface area (Å²) in [6.07, 6.45) is 0.0501. The largest absolute Gasteiger partial charge is 0.432 e. The van der Waals surface area contributed by atoms with Gasteiger partial charge in [0.25, 0.3) is 5.91 Å². The van der Waals surface area contributed by atoms with Crippen LogP contribution < -0.4 is 5.32 Å². The Morgan fingerprint density at radius 3 is 2.74 bits per heavy atom. The van der Waals surface area contributed by atoms with Gasteiger partial charge in [0.05, 0.1) is 6.10 Å². The molecule has 2 aliphatic heterocycles. The highest BCUT2D eigenvalue weighted by molar-refractivity contribution is 6.71. The lowest BCUT2D eigenvalue weighted by Crippen LogP contribution is -2.43. The van der Waals surface area contributed by atoms with E-state index in [2.05, 4.69) is 5.32 Å². The number of aliphatic hydroxyl groups is 1. The third-order valence-corrected chi connectivity index (χ3v) is 7.85. The zero-order valence-corrected chi connectivity index (χ0v) is 15.2. The fraction of sp³-hybridized carbons (Fsp3) is 0.562. The number of carbonyl (C=O) groups excluding carboxylic acids is 1. The molecule has 2 aliphatic rings. The van der Waals surface area contributed by atoms with Crippen LogP contribution in [0.5, 0.6) is 0 Å². The molecule has 5 nitrogen and oxygen atoms in total. The first kappa shape index (κ1) is 16.9. The van der Waals surface area contributed by atoms with E-state index >= 15 is 0 Å². The topological polar surface area (TPSA) is 78.8 Å². The van der Waals surface area contributed by atoms with Crippen LogP contribution >= 0.6 is 11.6 Å². The van der Waals surface area contributed by atoms with Crippen molar-refractivity contribution in [2.45, 2.75) is 43.7 Å². The van der Waals surface area contributed by atoms with Gasteiger partial charge in [-0.05, 0) is 37.7 Å². The van der Waals surface area contributed by atoms with Crippen molar-refractivity contribution < 1.29 is 19.4 Å². The van der Waals surface area contributed by atoms with E-state index in [1.165, 1.54) is 0 Å². The zero-order valence-electron chi connectivity index (χ0n) is 13.5. The Kier molecular flexibility index (Phi) is 4.09. The summed E-state index contributed by atoms with van der Waals surface area (Å²) in [6, 6.07) is 5.26. The maximum atomic E-state index is 12.8. The second-order valence-corrected chi connectivity index (χ2v) is 11.4. The molecule has 1 aromatic carbocycles. The number of nitrogens with one attached hydrogen (secondary N) is 1. The summed E-state index contributed by atoms with van der Waals surface area (Å²) >= 11 is 6.13. The Hall–Kier alpha value is -0.923. The van der Waals surface area contributed by atoms with Gasteiger partial charge in [0.1, 0.15) is 0 Å². The number of ether oxygens (including phenoxy) is 1. The van der Waals surface area contributed by atoms with Crippen LogP contribution in [-0.2, 0) is 15.1 Å². The summed E-state index contributed by atoms with van der Waals surface area (Å²) in [7, 11) is -2.59. The van der Waals surface area contributed by atoms with E-state index in [4.69, 9.17) is 16.3 Å². The molecule has 126 valence electrons. The van der Waals surface area contributed by atoms with Crippen molar-refractivity contribution in [2.75, 3.05) is 11.9 Å². The minimum absolute atomic E-state index is 0.0432. The van der Waals surface area contributed by atoms with Crippen LogP contribution in [0.4, 0.5) is 5.69 Å². The van der Waals surface area contributed by atoms with Crippen LogP contribution in [0.25, 0.3) is 0 Å². The molecule has 4 atom stereocenters. The number of carbonyl (C=O) groups is 1. The summed E-state index contributed by atoms with van der Waals surface area (Å²) in [4.78, 5) is 23.5. The molecule has 1 spiro atoms. The first-order valence-electron chi connectivity index (χ1n) is 7.84. The lowest BCUT2D eigenvalue weighted by Gasteiger charge is -2.32. The van der Waals surface area contributed by atoms with E-state index in [-0.39, 0.29) is 30.1 Å². The molecule has 1 saturated heterocycles. The SMILES string of the molecule is C[C@@H]1[C@@H]([Si](C)(C)O)[C@H](CCO)O[C@@]12C(=O)Nc1ccc(Cl)cc12. The average molecular weight is 356 g/mol. The van der Waals surface area contributed by atoms with Gasteiger partial charge in [-0.1, -0.05) is 18.5 Å². The van der Waals surface area contributed by atoms with Crippen LogP contribution in [0.15, 0.2) is 18.2 Å². The number of hydrogen-bond acceptors (Lipinski definition) is 4. The van der Waals surface area contributed by atoms with Crippen molar-refractivity contribution in [1.82, 2.24) is 0 Å². The first-order chi connectivity index (χ1) is 10.7. The molecule has 0 radical (unpaired) electrons. The van der Waals surface area contributed by atoms with Crippen molar-refractivity contribution in [3.05, 3.63) is 28.8 Å². The third-order valence-electron chi connectivity index (χ3n) is 5.11. The van der Waals surface area contributed by atoms with Gasteiger partial charge in [0.15, 0.2) is 13.9 Å². The molecular weight excluding hydrogens is 334 g/mol. The molecule has 23 heavy (non-hydrogen) atoms. The molecular formula is C16H22ClNO4Si. The molecule has 2 heterocycles. The van der Waals surface area contributed by atoms with Crippen molar-refractivity contribution >= 4 is 31.5 Å². The van der Waals surface area contributed by atoms with E-state index in [0.717, 1.165) is 5.56 Å². The Bertz CT molecular complexity index is 647. The van der Waals surface area contributed by atoms with Crippen LogP contribution in [0, 0.1) is 5.92 Å². The smallest absolute Gasteiger partial charge is 0.261 e. The number of fused-ring (bicyclic) bond motifs is 2. The van der Waals surface area contributed by atoms with Gasteiger partial charge >= 0.3 is 0 Å². The lowest BCUT2D eigenvalue weighted by atomic mass is 9.82. The molecule has 1 fully saturated rings. The van der Waals surface area contributed by atoms with Crippen molar-refractivity contribution in [3.63, 3.8) is 0 Å². The summed E-state index contributed by atoms with van der Waals surface area (Å²) in [5.74, 6) is -0.420. The Morgan fingerprint density at radius 1 is 1.43 bits per heavy atom. The molecule has 0 saturated carbocycles. The van der Waals surface area contributed by atoms with Gasteiger partial charge in [-0.2, -0.15) is 0 Å². The van der Waals surface area contributed by atoms with Crippen molar-refractivity contribution in [3.8, 4) is 0 Å². The van der Waals surface area contributed by atoms with Crippen LogP contribution in [0.1, 0.15) is 18.9 Å². The van der Waals surface area contributed by atoms with E-state index in [1.807, 2.05) is 20.0 Å². The van der Waals surface area contributed by atoms with Crippen molar-refractivity contribution in [2.24, 2.45) is 5.92 Å². The Morgan fingerprint density at radius 2 is 2.13 bits per heavy atom. The zero-order chi connectivity index (χ0) is 17.0. The summed E-state index contributed by atoms with van der Waals surface area (Å²) < 4.78 is 6.24. The average Bonchev–Trinajstić information content (AvgIpc) is 2.88. The number of rotatable bonds is 3. The second-order valence-electron chi connectivity index (χ2n) is 7.02. The molecule has 0 aliphatic carbocycles. The first-order valence-corrected chi connectivity index (χ1v) is 11.2. The predicted octanol–water partition coefficient (Wildman–Crippen LogP) is 2.47. The Labute approximate surface area is 141 Å². The van der Waals surface area contributed by atoms with E-state index in [1.54, 1.807) is 18.2 Å². The van der Waals surface area contributed by atoms with Gasteiger partial charge in [-0.15, -0.1) is 0 Å². The summed E-state index contributed by atoms with van der Waals surface area (Å²) in [5.41, 5.74) is 0.140. The molecule has 1 amide bonds. The highest BCUT2D eigenvalue weighted by Gasteiger charge is 2.64. The number of amides is 1. The molecule has 0 unspecified atom stereocenters. The standard InChI is InChI=1S/C16H22ClNO4Si/c1-9-14(23(2,3)21)13(6-7-19)22-16(9)11-8-10(17)4-5-12(11)18-15(16)20/h4-5,8-9,13-14,19,21H,6-7H2,1-3H3,(H,18,20)/t9-,13+,14-,16+/m1/s1. The fourth-order valence-corrected chi connectivity index (χ4v) is 7.04. The van der Waals surface area contributed by atoms with Gasteiger partial charge in [-0.3, -0.25) is 4.79 Å². The molecule has 0 bridgehead atoms. The number of aliphatic hydroxyl groups excluding tert-OH is 1. The fourth-order valence-electron chi connectivity index (χ4n) is 4.27. The third kappa shape index (κ3) is 2.44. The second kappa shape index (κ2) is 5.56. The highest BCUT2D eigenvalue weighted by Crippen LogP contribution is 2.58. The van der Waals surface area contributed by atoms with Crippen molar-refractivity contribution in [1.29, 1.82) is 0 Å². The molecule has 7 heteroatoms. The molecule has 1 aromatic rings. The van der Waals surface area contributed by atoms with Crippen LogP contribution in [-0.4, -0.2) is 36.8 Å². The Balaban J connectivity index is 2.13. The van der Waals surface area contributed by atoms with Gasteiger partial charge < -0.3 is 20.0 Å². The van der Waals surface area contributed by atoms with Crippen LogP contribution in [0.3, 0.4) is 0 Å². The minimum atomic E-state index is -2.59. The lowest BCUT2D eigenvalue weighted by molar-refractivity contribution is -0.143. The number of benzene rings is 1. The van der Waals surface area contributed by atoms with Gasteiger partial charge in [0, 0.05) is 34.3 Å². The number of hydrogen-bond donors (Lipinski definition) is 3. The number of anilines is 1. The minimum Gasteiger partial charge on any atom is -0.432 e. The van der Waals surface area contributed by atoms with E-state index < -0.39 is 13.9 Å². The van der Waals surface area contributed by atoms with E-state index in [9.17, 15) is 14.7 Å². The maximum absolute atomic E-state index is 12.8. The van der Waals surface area contributed by atoms with E-state index in [0.29, 0.717) is 17.1 Å². The number of halogens is 1. The van der Waals surface area contributed by atoms with Gasteiger partial charge in [-0.25, -0.2) is 0 Å². The van der Waals surface area contributed by atoms with Crippen LogP contribution in [0.2, 0.25) is 23.7 Å². The monoisotopic (exact) mass is 355 g/mol. The molecule has 3 N–H and O–H groups in total.